The molecule has 2 heteroatoms. The van der Waals surface area contributed by atoms with Gasteiger partial charge in [-0.1, -0.05) is 25.7 Å². The highest BCUT2D eigenvalue weighted by Gasteiger charge is 2.25. The van der Waals surface area contributed by atoms with Crippen LogP contribution in [0.1, 0.15) is 58.3 Å². The Morgan fingerprint density at radius 1 is 1.00 bits per heavy atom. The van der Waals surface area contributed by atoms with Crippen LogP contribution in [-0.4, -0.2) is 23.8 Å². The molecule has 2 saturated carbocycles. The van der Waals surface area contributed by atoms with Crippen molar-refractivity contribution in [1.82, 2.24) is 5.32 Å². The summed E-state index contributed by atoms with van der Waals surface area (Å²) in [5, 5.41) is 13.6. The Morgan fingerprint density at radius 3 is 2.06 bits per heavy atom. The van der Waals surface area contributed by atoms with Gasteiger partial charge in [-0.05, 0) is 44.4 Å². The zero-order chi connectivity index (χ0) is 11.4. The molecule has 2 fully saturated rings. The van der Waals surface area contributed by atoms with Crippen LogP contribution in [0.2, 0.25) is 0 Å². The van der Waals surface area contributed by atoms with E-state index in [1.165, 1.54) is 51.4 Å². The van der Waals surface area contributed by atoms with E-state index in [1.54, 1.807) is 0 Å². The van der Waals surface area contributed by atoms with Crippen LogP contribution in [0.4, 0.5) is 0 Å². The van der Waals surface area contributed by atoms with Gasteiger partial charge in [-0.2, -0.15) is 0 Å². The minimum absolute atomic E-state index is 0.105. The van der Waals surface area contributed by atoms with Crippen LogP contribution in [0.25, 0.3) is 0 Å². The topological polar surface area (TPSA) is 32.3 Å². The molecule has 2 atom stereocenters. The molecule has 0 heterocycles. The molecule has 2 N–H and O–H groups in total. The molecule has 94 valence electrons. The van der Waals surface area contributed by atoms with Crippen molar-refractivity contribution in [3.8, 4) is 0 Å². The van der Waals surface area contributed by atoms with Crippen LogP contribution < -0.4 is 5.32 Å². The first kappa shape index (κ1) is 12.4. The van der Waals surface area contributed by atoms with E-state index in [4.69, 9.17) is 0 Å². The van der Waals surface area contributed by atoms with Crippen LogP contribution in [0, 0.1) is 11.8 Å². The molecule has 16 heavy (non-hydrogen) atoms. The molecule has 0 aliphatic heterocycles. The van der Waals surface area contributed by atoms with Gasteiger partial charge in [-0.3, -0.25) is 0 Å². The first-order chi connectivity index (χ1) is 7.77. The van der Waals surface area contributed by atoms with Crippen molar-refractivity contribution < 1.29 is 5.11 Å². The van der Waals surface area contributed by atoms with Gasteiger partial charge in [0, 0.05) is 12.6 Å². The lowest BCUT2D eigenvalue weighted by Crippen LogP contribution is -2.39. The van der Waals surface area contributed by atoms with Crippen molar-refractivity contribution in [3.63, 3.8) is 0 Å². The van der Waals surface area contributed by atoms with Crippen LogP contribution in [-0.2, 0) is 0 Å². The van der Waals surface area contributed by atoms with Gasteiger partial charge in [0.05, 0.1) is 6.10 Å². The van der Waals surface area contributed by atoms with Crippen molar-refractivity contribution in [2.24, 2.45) is 11.8 Å². The highest BCUT2D eigenvalue weighted by molar-refractivity contribution is 4.81. The van der Waals surface area contributed by atoms with Gasteiger partial charge in [0.25, 0.3) is 0 Å². The van der Waals surface area contributed by atoms with E-state index in [1.807, 2.05) is 0 Å². The summed E-state index contributed by atoms with van der Waals surface area (Å²) in [6, 6.07) is 0.596. The van der Waals surface area contributed by atoms with Crippen LogP contribution in [0.5, 0.6) is 0 Å². The summed E-state index contributed by atoms with van der Waals surface area (Å²) in [4.78, 5) is 0. The Hall–Kier alpha value is -0.0800. The molecule has 0 amide bonds. The monoisotopic (exact) mass is 225 g/mol. The summed E-state index contributed by atoms with van der Waals surface area (Å²) in [5.74, 6) is 1.43. The molecule has 0 aromatic heterocycles. The third-order valence-corrected chi connectivity index (χ3v) is 4.70. The van der Waals surface area contributed by atoms with E-state index in [9.17, 15) is 5.11 Å². The summed E-state index contributed by atoms with van der Waals surface area (Å²) in [6.07, 6.45) is 10.6. The highest BCUT2D eigenvalue weighted by atomic mass is 16.3. The Bertz CT molecular complexity index is 173. The third-order valence-electron chi connectivity index (χ3n) is 4.70. The summed E-state index contributed by atoms with van der Waals surface area (Å²) in [5.41, 5.74) is 0. The van der Waals surface area contributed by atoms with Crippen LogP contribution in [0.15, 0.2) is 0 Å². The predicted octanol–water partition coefficient (Wildman–Crippen LogP) is 2.71. The van der Waals surface area contributed by atoms with E-state index >= 15 is 0 Å². The van der Waals surface area contributed by atoms with Gasteiger partial charge in [-0.15, -0.1) is 0 Å². The molecular formula is C14H27NO. The van der Waals surface area contributed by atoms with Crippen LogP contribution >= 0.6 is 0 Å². The van der Waals surface area contributed by atoms with Crippen LogP contribution in [0.3, 0.4) is 0 Å². The maximum absolute atomic E-state index is 10.1. The van der Waals surface area contributed by atoms with Crippen molar-refractivity contribution >= 4 is 0 Å². The van der Waals surface area contributed by atoms with Gasteiger partial charge in [-0.25, -0.2) is 0 Å². The Labute approximate surface area is 99.8 Å². The van der Waals surface area contributed by atoms with Gasteiger partial charge in [0.1, 0.15) is 0 Å². The standard InChI is InChI=1S/C14H27NO/c1-11(12-6-2-3-7-12)15-10-14(16)13-8-4-5-9-13/h11-16H,2-10H2,1H3. The molecule has 0 radical (unpaired) electrons. The van der Waals surface area contributed by atoms with E-state index in [0.717, 1.165) is 12.5 Å². The van der Waals surface area contributed by atoms with Gasteiger partial charge in [0.2, 0.25) is 0 Å². The smallest absolute Gasteiger partial charge is 0.0692 e. The molecule has 2 nitrogen and oxygen atoms in total. The van der Waals surface area contributed by atoms with Crippen molar-refractivity contribution in [1.29, 1.82) is 0 Å². The highest BCUT2D eigenvalue weighted by Crippen LogP contribution is 2.29. The molecule has 2 rings (SSSR count). The van der Waals surface area contributed by atoms with Crippen molar-refractivity contribution in [2.45, 2.75) is 70.4 Å². The molecule has 0 spiro atoms. The van der Waals surface area contributed by atoms with E-state index in [2.05, 4.69) is 12.2 Å². The molecule has 0 aromatic rings. The third kappa shape index (κ3) is 3.21. The van der Waals surface area contributed by atoms with E-state index in [-0.39, 0.29) is 6.10 Å². The van der Waals surface area contributed by atoms with Gasteiger partial charge in [0.15, 0.2) is 0 Å². The maximum Gasteiger partial charge on any atom is 0.0692 e. The number of hydrogen-bond acceptors (Lipinski definition) is 2. The summed E-state index contributed by atoms with van der Waals surface area (Å²) >= 11 is 0. The average molecular weight is 225 g/mol. The normalized spacial score (nSPS) is 27.4. The number of hydrogen-bond donors (Lipinski definition) is 2. The molecular weight excluding hydrogens is 198 g/mol. The Balaban J connectivity index is 1.65. The quantitative estimate of drug-likeness (QED) is 0.754. The number of nitrogens with one attached hydrogen (secondary N) is 1. The second-order valence-corrected chi connectivity index (χ2v) is 5.85. The molecule has 2 aliphatic carbocycles. The lowest BCUT2D eigenvalue weighted by molar-refractivity contribution is 0.104. The molecule has 0 bridgehead atoms. The van der Waals surface area contributed by atoms with E-state index < -0.39 is 0 Å². The minimum atomic E-state index is -0.105. The predicted molar refractivity (Wildman–Crippen MR) is 67.4 cm³/mol. The van der Waals surface area contributed by atoms with Crippen molar-refractivity contribution in [3.05, 3.63) is 0 Å². The fourth-order valence-corrected chi connectivity index (χ4v) is 3.44. The zero-order valence-electron chi connectivity index (χ0n) is 10.6. The summed E-state index contributed by atoms with van der Waals surface area (Å²) in [6.45, 7) is 3.10. The van der Waals surface area contributed by atoms with Gasteiger partial charge >= 0.3 is 0 Å². The maximum atomic E-state index is 10.1. The fourth-order valence-electron chi connectivity index (χ4n) is 3.44. The molecule has 2 aliphatic rings. The minimum Gasteiger partial charge on any atom is -0.392 e. The number of aliphatic hydroxyl groups is 1. The average Bonchev–Trinajstić information content (AvgIpc) is 2.95. The number of aliphatic hydroxyl groups excluding tert-OH is 1. The largest absolute Gasteiger partial charge is 0.392 e. The molecule has 0 aromatic carbocycles. The lowest BCUT2D eigenvalue weighted by atomic mass is 9.97. The molecule has 2 unspecified atom stereocenters. The summed E-state index contributed by atoms with van der Waals surface area (Å²) < 4.78 is 0. The zero-order valence-corrected chi connectivity index (χ0v) is 10.6. The SMILES string of the molecule is CC(NCC(O)C1CCCC1)C1CCCC1. The van der Waals surface area contributed by atoms with Crippen molar-refractivity contribution in [2.75, 3.05) is 6.54 Å². The number of rotatable bonds is 5. The first-order valence-corrected chi connectivity index (χ1v) is 7.19. The lowest BCUT2D eigenvalue weighted by Gasteiger charge is -2.24. The Morgan fingerprint density at radius 2 is 1.50 bits per heavy atom. The second-order valence-electron chi connectivity index (χ2n) is 5.85. The van der Waals surface area contributed by atoms with Gasteiger partial charge < -0.3 is 10.4 Å². The summed E-state index contributed by atoms with van der Waals surface area (Å²) in [7, 11) is 0. The first-order valence-electron chi connectivity index (χ1n) is 7.19. The fraction of sp³-hybridized carbons (Fsp3) is 1.00. The van der Waals surface area contributed by atoms with E-state index in [0.29, 0.717) is 12.0 Å². The second kappa shape index (κ2) is 6.02. The Kier molecular flexibility index (Phi) is 4.66. The molecule has 0 saturated heterocycles.